The van der Waals surface area contributed by atoms with Gasteiger partial charge in [0.15, 0.2) is 0 Å². The second-order valence-corrected chi connectivity index (χ2v) is 6.17. The van der Waals surface area contributed by atoms with Crippen LogP contribution in [-0.4, -0.2) is 23.8 Å². The maximum Gasteiger partial charge on any atom is 0.497 e. The predicted molar refractivity (Wildman–Crippen MR) is 72.7 cm³/mol. The van der Waals surface area contributed by atoms with Crippen LogP contribution in [0.15, 0.2) is 16.7 Å². The molecule has 6 heteroatoms. The lowest BCUT2D eigenvalue weighted by molar-refractivity contribution is -0.0229. The highest BCUT2D eigenvalue weighted by Gasteiger charge is 2.39. The number of rotatable bonds is 1. The average Bonchev–Trinajstić information content (AvgIpc) is 2.18. The van der Waals surface area contributed by atoms with Gasteiger partial charge in [-0.2, -0.15) is 0 Å². The molecule has 0 saturated carbocycles. The summed E-state index contributed by atoms with van der Waals surface area (Å²) in [6, 6.07) is 1.88. The fourth-order valence-electron chi connectivity index (χ4n) is 2.06. The molecule has 1 atom stereocenters. The molecule has 2 rings (SSSR count). The summed E-state index contributed by atoms with van der Waals surface area (Å²) in [5, 5.41) is 0.420. The summed E-state index contributed by atoms with van der Waals surface area (Å²) in [6.45, 7) is 6.15. The van der Waals surface area contributed by atoms with Crippen molar-refractivity contribution in [2.24, 2.45) is 0 Å². The molecule has 1 aromatic heterocycles. The van der Waals surface area contributed by atoms with Crippen molar-refractivity contribution in [3.05, 3.63) is 21.9 Å². The Morgan fingerprint density at radius 3 is 2.94 bits per heavy atom. The SMILES string of the molecule is CC1CC(C)(C)OB(c2cc(Br)cnc2Cl)O1. The molecule has 1 fully saturated rings. The molecule has 92 valence electrons. The van der Waals surface area contributed by atoms with Gasteiger partial charge in [-0.25, -0.2) is 4.98 Å². The van der Waals surface area contributed by atoms with Crippen LogP contribution >= 0.6 is 27.5 Å². The van der Waals surface area contributed by atoms with E-state index in [1.54, 1.807) is 6.20 Å². The summed E-state index contributed by atoms with van der Waals surface area (Å²) in [6.07, 6.45) is 2.66. The predicted octanol–water partition coefficient (Wildman–Crippen LogP) is 2.80. The summed E-state index contributed by atoms with van der Waals surface area (Å²) in [4.78, 5) is 4.09. The Bertz CT molecular complexity index is 430. The van der Waals surface area contributed by atoms with Gasteiger partial charge in [-0.3, -0.25) is 0 Å². The minimum Gasteiger partial charge on any atom is -0.405 e. The third-order valence-electron chi connectivity index (χ3n) is 2.65. The number of nitrogens with zero attached hydrogens (tertiary/aromatic N) is 1. The van der Waals surface area contributed by atoms with Crippen LogP contribution < -0.4 is 5.46 Å². The van der Waals surface area contributed by atoms with Crippen LogP contribution in [-0.2, 0) is 9.31 Å². The standard InChI is InChI=1S/C11H14BBrClNO2/c1-7-5-11(2,3)17-12(16-7)9-4-8(13)6-15-10(9)14/h4,6-7H,5H2,1-3H3. The van der Waals surface area contributed by atoms with Gasteiger partial charge in [-0.1, -0.05) is 11.6 Å². The fraction of sp³-hybridized carbons (Fsp3) is 0.545. The maximum atomic E-state index is 6.08. The molecule has 0 aliphatic carbocycles. The smallest absolute Gasteiger partial charge is 0.405 e. The first-order valence-electron chi connectivity index (χ1n) is 5.51. The zero-order valence-corrected chi connectivity index (χ0v) is 12.4. The Balaban J connectivity index is 2.30. The molecule has 1 aliphatic rings. The molecule has 1 unspecified atom stereocenters. The topological polar surface area (TPSA) is 31.4 Å². The van der Waals surface area contributed by atoms with Gasteiger partial charge >= 0.3 is 7.12 Å². The van der Waals surface area contributed by atoms with E-state index in [2.05, 4.69) is 34.8 Å². The molecule has 0 radical (unpaired) electrons. The van der Waals surface area contributed by atoms with Gasteiger partial charge in [0.2, 0.25) is 0 Å². The number of pyridine rings is 1. The van der Waals surface area contributed by atoms with Gasteiger partial charge in [0.25, 0.3) is 0 Å². The highest BCUT2D eigenvalue weighted by molar-refractivity contribution is 9.10. The van der Waals surface area contributed by atoms with Crippen molar-refractivity contribution in [1.29, 1.82) is 0 Å². The van der Waals surface area contributed by atoms with Gasteiger partial charge in [-0.15, -0.1) is 0 Å². The van der Waals surface area contributed by atoms with Crippen LogP contribution in [0.4, 0.5) is 0 Å². The van der Waals surface area contributed by atoms with Gasteiger partial charge in [0, 0.05) is 22.2 Å². The molecular formula is C11H14BBrClNO2. The Morgan fingerprint density at radius 2 is 2.29 bits per heavy atom. The van der Waals surface area contributed by atoms with Gasteiger partial charge < -0.3 is 9.31 Å². The first-order chi connectivity index (χ1) is 7.87. The highest BCUT2D eigenvalue weighted by Crippen LogP contribution is 2.26. The van der Waals surface area contributed by atoms with Gasteiger partial charge in [0.1, 0.15) is 5.15 Å². The van der Waals surface area contributed by atoms with Crippen LogP contribution in [0.2, 0.25) is 5.15 Å². The fourth-order valence-corrected chi connectivity index (χ4v) is 2.60. The first kappa shape index (κ1) is 13.3. The van der Waals surface area contributed by atoms with Crippen LogP contribution in [0, 0.1) is 0 Å². The van der Waals surface area contributed by atoms with Crippen molar-refractivity contribution in [1.82, 2.24) is 4.98 Å². The summed E-state index contributed by atoms with van der Waals surface area (Å²) in [5.74, 6) is 0. The lowest BCUT2D eigenvalue weighted by atomic mass is 9.76. The van der Waals surface area contributed by atoms with Crippen LogP contribution in [0.5, 0.6) is 0 Å². The highest BCUT2D eigenvalue weighted by atomic mass is 79.9. The van der Waals surface area contributed by atoms with Crippen molar-refractivity contribution in [2.45, 2.75) is 38.9 Å². The molecule has 17 heavy (non-hydrogen) atoms. The van der Waals surface area contributed by atoms with Crippen molar-refractivity contribution >= 4 is 40.1 Å². The van der Waals surface area contributed by atoms with E-state index in [0.29, 0.717) is 5.15 Å². The molecule has 2 heterocycles. The largest absolute Gasteiger partial charge is 0.497 e. The van der Waals surface area contributed by atoms with E-state index in [-0.39, 0.29) is 11.7 Å². The average molecular weight is 318 g/mol. The number of aromatic nitrogens is 1. The molecular weight excluding hydrogens is 304 g/mol. The quantitative estimate of drug-likeness (QED) is 0.589. The molecule has 0 aromatic carbocycles. The summed E-state index contributed by atoms with van der Waals surface area (Å²) >= 11 is 9.45. The Hall–Kier alpha value is -0.0951. The summed E-state index contributed by atoms with van der Waals surface area (Å²) in [5.41, 5.74) is 0.550. The lowest BCUT2D eigenvalue weighted by Crippen LogP contribution is -2.52. The molecule has 0 bridgehead atoms. The third-order valence-corrected chi connectivity index (χ3v) is 3.40. The second-order valence-electron chi connectivity index (χ2n) is 4.89. The lowest BCUT2D eigenvalue weighted by Gasteiger charge is -2.38. The van der Waals surface area contributed by atoms with E-state index in [4.69, 9.17) is 20.9 Å². The molecule has 3 nitrogen and oxygen atoms in total. The second kappa shape index (κ2) is 4.88. The molecule has 0 N–H and O–H groups in total. The monoisotopic (exact) mass is 317 g/mol. The van der Waals surface area contributed by atoms with E-state index >= 15 is 0 Å². The zero-order valence-electron chi connectivity index (χ0n) is 10.0. The summed E-state index contributed by atoms with van der Waals surface area (Å²) < 4.78 is 12.5. The van der Waals surface area contributed by atoms with Crippen molar-refractivity contribution < 1.29 is 9.31 Å². The van der Waals surface area contributed by atoms with E-state index < -0.39 is 7.12 Å². The normalized spacial score (nSPS) is 23.8. The zero-order chi connectivity index (χ0) is 12.6. The Labute approximate surface area is 115 Å². The molecule has 0 spiro atoms. The van der Waals surface area contributed by atoms with Gasteiger partial charge in [0.05, 0.1) is 5.60 Å². The van der Waals surface area contributed by atoms with Gasteiger partial charge in [-0.05, 0) is 49.2 Å². The number of halogens is 2. The minimum atomic E-state index is -0.453. The maximum absolute atomic E-state index is 6.08. The molecule has 1 aromatic rings. The molecule has 0 amide bonds. The van der Waals surface area contributed by atoms with Crippen LogP contribution in [0.3, 0.4) is 0 Å². The van der Waals surface area contributed by atoms with E-state index in [1.165, 1.54) is 0 Å². The Kier molecular flexibility index (Phi) is 3.83. The minimum absolute atomic E-state index is 0.138. The van der Waals surface area contributed by atoms with Crippen molar-refractivity contribution in [3.63, 3.8) is 0 Å². The number of hydrogen-bond acceptors (Lipinski definition) is 3. The molecule has 1 saturated heterocycles. The van der Waals surface area contributed by atoms with Crippen molar-refractivity contribution in [3.8, 4) is 0 Å². The van der Waals surface area contributed by atoms with E-state index in [9.17, 15) is 0 Å². The summed E-state index contributed by atoms with van der Waals surface area (Å²) in [7, 11) is -0.453. The van der Waals surface area contributed by atoms with Crippen molar-refractivity contribution in [2.75, 3.05) is 0 Å². The van der Waals surface area contributed by atoms with Crippen LogP contribution in [0.1, 0.15) is 27.2 Å². The Morgan fingerprint density at radius 1 is 1.59 bits per heavy atom. The van der Waals surface area contributed by atoms with Crippen LogP contribution in [0.25, 0.3) is 0 Å². The molecule has 1 aliphatic heterocycles. The van der Waals surface area contributed by atoms with E-state index in [0.717, 1.165) is 16.4 Å². The number of hydrogen-bond donors (Lipinski definition) is 0. The third kappa shape index (κ3) is 3.22. The first-order valence-corrected chi connectivity index (χ1v) is 6.69. The van der Waals surface area contributed by atoms with E-state index in [1.807, 2.05) is 13.0 Å².